The lowest BCUT2D eigenvalue weighted by Gasteiger charge is -2.20. The van der Waals surface area contributed by atoms with E-state index in [2.05, 4.69) is 31.1 Å². The van der Waals surface area contributed by atoms with E-state index in [-0.39, 0.29) is 0 Å². The van der Waals surface area contributed by atoms with E-state index in [1.54, 1.807) is 12.1 Å². The van der Waals surface area contributed by atoms with Crippen molar-refractivity contribution in [3.05, 3.63) is 29.8 Å². The Hall–Kier alpha value is -1.55. The minimum atomic E-state index is -0.886. The Kier molecular flexibility index (Phi) is 6.36. The molecular weight excluding hydrogens is 240 g/mol. The highest BCUT2D eigenvalue weighted by atomic mass is 16.4. The third-order valence-corrected chi connectivity index (χ3v) is 3.28. The maximum atomic E-state index is 10.7. The van der Waals surface area contributed by atoms with Gasteiger partial charge in [-0.25, -0.2) is 4.79 Å². The van der Waals surface area contributed by atoms with Gasteiger partial charge in [-0.15, -0.1) is 0 Å². The van der Waals surface area contributed by atoms with Gasteiger partial charge in [0.1, 0.15) is 0 Å². The Bertz CT molecular complexity index is 388. The van der Waals surface area contributed by atoms with Crippen molar-refractivity contribution >= 4 is 11.7 Å². The van der Waals surface area contributed by atoms with E-state index in [0.717, 1.165) is 31.6 Å². The predicted molar refractivity (Wildman–Crippen MR) is 78.9 cm³/mol. The lowest BCUT2D eigenvalue weighted by molar-refractivity contribution is 0.0697. The summed E-state index contributed by atoms with van der Waals surface area (Å²) in [6.45, 7) is 6.42. The minimum Gasteiger partial charge on any atom is -0.478 e. The number of carboxylic acid groups (broad SMARTS) is 1. The molecule has 0 aliphatic heterocycles. The Morgan fingerprint density at radius 3 is 2.42 bits per heavy atom. The molecule has 0 amide bonds. The number of anilines is 1. The summed E-state index contributed by atoms with van der Waals surface area (Å²) in [5.41, 5.74) is 1.30. The van der Waals surface area contributed by atoms with Gasteiger partial charge in [-0.05, 0) is 64.5 Å². The van der Waals surface area contributed by atoms with Crippen LogP contribution in [0.4, 0.5) is 5.69 Å². The van der Waals surface area contributed by atoms with Crippen molar-refractivity contribution in [1.82, 2.24) is 4.90 Å². The van der Waals surface area contributed by atoms with Gasteiger partial charge < -0.3 is 15.3 Å². The molecule has 0 aliphatic carbocycles. The molecule has 0 saturated heterocycles. The zero-order valence-electron chi connectivity index (χ0n) is 12.0. The number of benzene rings is 1. The predicted octanol–water partition coefficient (Wildman–Crippen LogP) is 2.92. The van der Waals surface area contributed by atoms with Crippen molar-refractivity contribution in [1.29, 1.82) is 0 Å². The summed E-state index contributed by atoms with van der Waals surface area (Å²) in [6.07, 6.45) is 2.27. The van der Waals surface area contributed by atoms with Gasteiger partial charge in [-0.2, -0.15) is 0 Å². The summed E-state index contributed by atoms with van der Waals surface area (Å²) < 4.78 is 0. The molecule has 0 heterocycles. The van der Waals surface area contributed by atoms with Crippen molar-refractivity contribution in [2.45, 2.75) is 32.7 Å². The van der Waals surface area contributed by atoms with Crippen LogP contribution in [0.1, 0.15) is 37.0 Å². The number of hydrogen-bond donors (Lipinski definition) is 2. The van der Waals surface area contributed by atoms with Gasteiger partial charge in [0.05, 0.1) is 5.56 Å². The zero-order valence-corrected chi connectivity index (χ0v) is 12.0. The average Bonchev–Trinajstić information content (AvgIpc) is 2.38. The number of hydrogen-bond acceptors (Lipinski definition) is 3. The lowest BCUT2D eigenvalue weighted by atomic mass is 10.2. The quantitative estimate of drug-likeness (QED) is 0.709. The van der Waals surface area contributed by atoms with Crippen molar-refractivity contribution in [3.63, 3.8) is 0 Å². The van der Waals surface area contributed by atoms with Crippen LogP contribution in [0.3, 0.4) is 0 Å². The fourth-order valence-electron chi connectivity index (χ4n) is 1.71. The molecule has 2 N–H and O–H groups in total. The largest absolute Gasteiger partial charge is 0.478 e. The smallest absolute Gasteiger partial charge is 0.335 e. The van der Waals surface area contributed by atoms with Crippen molar-refractivity contribution in [2.24, 2.45) is 0 Å². The molecule has 0 aliphatic rings. The highest BCUT2D eigenvalue weighted by Gasteiger charge is 2.03. The Morgan fingerprint density at radius 2 is 1.89 bits per heavy atom. The number of carboxylic acids is 1. The second-order valence-corrected chi connectivity index (χ2v) is 5.09. The molecule has 4 heteroatoms. The molecule has 0 fully saturated rings. The third kappa shape index (κ3) is 5.75. The fraction of sp³-hybridized carbons (Fsp3) is 0.533. The fourth-order valence-corrected chi connectivity index (χ4v) is 1.71. The van der Waals surface area contributed by atoms with Crippen molar-refractivity contribution in [3.8, 4) is 0 Å². The molecule has 1 aromatic rings. The first-order valence-corrected chi connectivity index (χ1v) is 6.78. The summed E-state index contributed by atoms with van der Waals surface area (Å²) in [6, 6.07) is 7.46. The molecule has 0 saturated carbocycles. The second-order valence-electron chi connectivity index (χ2n) is 5.09. The van der Waals surface area contributed by atoms with Crippen LogP contribution in [0.5, 0.6) is 0 Å². The molecule has 106 valence electrons. The van der Waals surface area contributed by atoms with E-state index in [1.165, 1.54) is 0 Å². The molecule has 0 radical (unpaired) electrons. The zero-order chi connectivity index (χ0) is 14.3. The lowest BCUT2D eigenvalue weighted by Crippen LogP contribution is -2.27. The second kappa shape index (κ2) is 7.79. The van der Waals surface area contributed by atoms with Gasteiger partial charge in [-0.3, -0.25) is 0 Å². The monoisotopic (exact) mass is 264 g/mol. The van der Waals surface area contributed by atoms with Gasteiger partial charge in [-0.1, -0.05) is 0 Å². The molecule has 0 unspecified atom stereocenters. The standard InChI is InChI=1S/C15H24N2O2/c1-12(2)17(3)11-5-4-10-16-14-8-6-13(7-9-14)15(18)19/h6-9,12,16H,4-5,10-11H2,1-3H3,(H,18,19). The number of nitrogens with zero attached hydrogens (tertiary/aromatic N) is 1. The van der Waals surface area contributed by atoms with E-state index >= 15 is 0 Å². The summed E-state index contributed by atoms with van der Waals surface area (Å²) in [5, 5.41) is 12.1. The van der Waals surface area contributed by atoms with Gasteiger partial charge in [0.2, 0.25) is 0 Å². The number of nitrogens with one attached hydrogen (secondary N) is 1. The Morgan fingerprint density at radius 1 is 1.26 bits per heavy atom. The maximum absolute atomic E-state index is 10.7. The van der Waals surface area contributed by atoms with Crippen LogP contribution < -0.4 is 5.32 Å². The first-order valence-electron chi connectivity index (χ1n) is 6.78. The number of aromatic carboxylic acids is 1. The number of rotatable bonds is 8. The minimum absolute atomic E-state index is 0.323. The summed E-state index contributed by atoms with van der Waals surface area (Å²) in [7, 11) is 2.14. The van der Waals surface area contributed by atoms with E-state index < -0.39 is 5.97 Å². The molecule has 4 nitrogen and oxygen atoms in total. The van der Waals surface area contributed by atoms with E-state index in [1.807, 2.05) is 12.1 Å². The molecule has 0 bridgehead atoms. The van der Waals surface area contributed by atoms with Gasteiger partial charge in [0, 0.05) is 18.3 Å². The van der Waals surface area contributed by atoms with Crippen molar-refractivity contribution < 1.29 is 9.90 Å². The first-order chi connectivity index (χ1) is 9.00. The van der Waals surface area contributed by atoms with Crippen LogP contribution in [-0.2, 0) is 0 Å². The van der Waals surface area contributed by atoms with E-state index in [9.17, 15) is 4.79 Å². The summed E-state index contributed by atoms with van der Waals surface area (Å²) >= 11 is 0. The van der Waals surface area contributed by atoms with E-state index in [4.69, 9.17) is 5.11 Å². The maximum Gasteiger partial charge on any atom is 0.335 e. The highest BCUT2D eigenvalue weighted by molar-refractivity contribution is 5.87. The van der Waals surface area contributed by atoms with Crippen LogP contribution in [-0.4, -0.2) is 42.2 Å². The van der Waals surface area contributed by atoms with E-state index in [0.29, 0.717) is 11.6 Å². The van der Waals surface area contributed by atoms with Gasteiger partial charge >= 0.3 is 5.97 Å². The number of unbranched alkanes of at least 4 members (excludes halogenated alkanes) is 1. The number of carbonyl (C=O) groups is 1. The third-order valence-electron chi connectivity index (χ3n) is 3.28. The van der Waals surface area contributed by atoms with Crippen LogP contribution >= 0.6 is 0 Å². The van der Waals surface area contributed by atoms with Crippen LogP contribution in [0.15, 0.2) is 24.3 Å². The Balaban J connectivity index is 2.21. The molecular formula is C15H24N2O2. The summed E-state index contributed by atoms with van der Waals surface area (Å²) in [5.74, 6) is -0.886. The highest BCUT2D eigenvalue weighted by Crippen LogP contribution is 2.09. The first kappa shape index (κ1) is 15.5. The normalized spacial score (nSPS) is 11.0. The Labute approximate surface area is 115 Å². The van der Waals surface area contributed by atoms with Crippen LogP contribution in [0.25, 0.3) is 0 Å². The molecule has 0 aromatic heterocycles. The molecule has 1 rings (SSSR count). The SMILES string of the molecule is CC(C)N(C)CCCCNc1ccc(C(=O)O)cc1. The van der Waals surface area contributed by atoms with Crippen LogP contribution in [0.2, 0.25) is 0 Å². The van der Waals surface area contributed by atoms with Crippen LogP contribution in [0, 0.1) is 0 Å². The summed E-state index contributed by atoms with van der Waals surface area (Å²) in [4.78, 5) is 13.0. The van der Waals surface area contributed by atoms with Crippen molar-refractivity contribution in [2.75, 3.05) is 25.5 Å². The topological polar surface area (TPSA) is 52.6 Å². The molecule has 0 atom stereocenters. The molecule has 0 spiro atoms. The van der Waals surface area contributed by atoms with Gasteiger partial charge in [0.15, 0.2) is 0 Å². The van der Waals surface area contributed by atoms with Gasteiger partial charge in [0.25, 0.3) is 0 Å². The average molecular weight is 264 g/mol. The molecule has 19 heavy (non-hydrogen) atoms. The molecule has 1 aromatic carbocycles.